The normalized spacial score (nSPS) is 10.8. The second kappa shape index (κ2) is 5.19. The van der Waals surface area contributed by atoms with Crippen LogP contribution < -0.4 is 0 Å². The van der Waals surface area contributed by atoms with Crippen LogP contribution in [0.15, 0.2) is 36.4 Å². The molecule has 0 aliphatic heterocycles. The van der Waals surface area contributed by atoms with E-state index in [9.17, 15) is 4.39 Å². The van der Waals surface area contributed by atoms with Crippen LogP contribution in [-0.2, 0) is 6.54 Å². The quantitative estimate of drug-likeness (QED) is 0.704. The van der Waals surface area contributed by atoms with Gasteiger partial charge in [-0.3, -0.25) is 0 Å². The Morgan fingerprint density at radius 1 is 1.33 bits per heavy atom. The van der Waals surface area contributed by atoms with E-state index >= 15 is 0 Å². The van der Waals surface area contributed by atoms with E-state index in [4.69, 9.17) is 16.9 Å². The number of aromatic nitrogens is 2. The number of hydrogen-bond donors (Lipinski definition) is 0. The lowest BCUT2D eigenvalue weighted by Gasteiger charge is -2.08. The summed E-state index contributed by atoms with van der Waals surface area (Å²) in [6.45, 7) is 2.58. The monoisotopic (exact) mass is 299 g/mol. The number of hydrogen-bond acceptors (Lipinski definition) is 2. The van der Waals surface area contributed by atoms with Crippen LogP contribution in [0, 0.1) is 17.1 Å². The molecule has 21 heavy (non-hydrogen) atoms. The van der Waals surface area contributed by atoms with Gasteiger partial charge in [-0.05, 0) is 37.3 Å². The predicted molar refractivity (Wildman–Crippen MR) is 80.5 cm³/mol. The molecule has 0 aliphatic carbocycles. The number of rotatable bonds is 2. The minimum absolute atomic E-state index is 0.288. The summed E-state index contributed by atoms with van der Waals surface area (Å²) in [5, 5.41) is 9.29. The van der Waals surface area contributed by atoms with E-state index in [1.165, 1.54) is 6.07 Å². The van der Waals surface area contributed by atoms with Gasteiger partial charge in [0, 0.05) is 6.54 Å². The molecule has 0 N–H and O–H groups in total. The molecule has 5 heteroatoms. The number of halogens is 2. The van der Waals surface area contributed by atoms with Gasteiger partial charge in [-0.2, -0.15) is 5.26 Å². The van der Waals surface area contributed by atoms with Gasteiger partial charge in [-0.1, -0.05) is 17.7 Å². The maximum absolute atomic E-state index is 14.1. The van der Waals surface area contributed by atoms with Gasteiger partial charge in [0.25, 0.3) is 0 Å². The van der Waals surface area contributed by atoms with Crippen LogP contribution in [0.1, 0.15) is 12.5 Å². The number of aryl methyl sites for hydroxylation is 1. The Morgan fingerprint density at radius 2 is 2.14 bits per heavy atom. The van der Waals surface area contributed by atoms with Crippen molar-refractivity contribution in [3.05, 3.63) is 52.8 Å². The van der Waals surface area contributed by atoms with Crippen molar-refractivity contribution in [2.75, 3.05) is 0 Å². The lowest BCUT2D eigenvalue weighted by Crippen LogP contribution is -1.99. The van der Waals surface area contributed by atoms with Crippen molar-refractivity contribution in [1.29, 1.82) is 5.26 Å². The number of nitriles is 1. The Hall–Kier alpha value is -2.38. The standard InChI is InChI=1S/C16H11ClFN3/c1-2-21-14-7-6-10(9-19)8-13(14)20-16(21)15-11(17)4-3-5-12(15)18/h3-8H,2H2,1H3. The number of imidazole rings is 1. The van der Waals surface area contributed by atoms with Gasteiger partial charge in [0.1, 0.15) is 11.6 Å². The second-order valence-electron chi connectivity index (χ2n) is 4.59. The molecule has 0 radical (unpaired) electrons. The van der Waals surface area contributed by atoms with Crippen LogP contribution in [0.25, 0.3) is 22.4 Å². The van der Waals surface area contributed by atoms with Crippen LogP contribution in [0.2, 0.25) is 5.02 Å². The van der Waals surface area contributed by atoms with Crippen LogP contribution in [0.3, 0.4) is 0 Å². The lowest BCUT2D eigenvalue weighted by atomic mass is 10.2. The molecule has 3 nitrogen and oxygen atoms in total. The molecule has 0 bridgehead atoms. The third-order valence-corrected chi connectivity index (χ3v) is 3.69. The largest absolute Gasteiger partial charge is 0.324 e. The SMILES string of the molecule is CCn1c(-c2c(F)cccc2Cl)nc2cc(C#N)ccc21. The van der Waals surface area contributed by atoms with Gasteiger partial charge < -0.3 is 4.57 Å². The summed E-state index contributed by atoms with van der Waals surface area (Å²) in [5.74, 6) is 0.0682. The van der Waals surface area contributed by atoms with Crippen LogP contribution >= 0.6 is 11.6 Å². The molecular formula is C16H11ClFN3. The highest BCUT2D eigenvalue weighted by atomic mass is 35.5. The minimum atomic E-state index is -0.409. The van der Waals surface area contributed by atoms with Gasteiger partial charge in [0.05, 0.1) is 33.3 Å². The molecule has 0 atom stereocenters. The molecule has 0 saturated heterocycles. The fourth-order valence-corrected chi connectivity index (χ4v) is 2.67. The lowest BCUT2D eigenvalue weighted by molar-refractivity contribution is 0.628. The first-order valence-corrected chi connectivity index (χ1v) is 6.88. The van der Waals surface area contributed by atoms with E-state index in [0.29, 0.717) is 28.5 Å². The molecular weight excluding hydrogens is 289 g/mol. The molecule has 0 spiro atoms. The maximum Gasteiger partial charge on any atom is 0.145 e. The van der Waals surface area contributed by atoms with Crippen molar-refractivity contribution in [2.24, 2.45) is 0 Å². The Kier molecular flexibility index (Phi) is 3.36. The first-order chi connectivity index (χ1) is 10.2. The van der Waals surface area contributed by atoms with Crippen molar-refractivity contribution >= 4 is 22.6 Å². The highest BCUT2D eigenvalue weighted by Gasteiger charge is 2.18. The van der Waals surface area contributed by atoms with Crippen molar-refractivity contribution in [1.82, 2.24) is 9.55 Å². The molecule has 3 aromatic rings. The number of benzene rings is 2. The van der Waals surface area contributed by atoms with Crippen molar-refractivity contribution in [3.63, 3.8) is 0 Å². The van der Waals surface area contributed by atoms with Gasteiger partial charge in [0.2, 0.25) is 0 Å². The summed E-state index contributed by atoms with van der Waals surface area (Å²) in [6, 6.07) is 11.9. The Morgan fingerprint density at radius 3 is 2.81 bits per heavy atom. The maximum atomic E-state index is 14.1. The fourth-order valence-electron chi connectivity index (χ4n) is 2.42. The van der Waals surface area contributed by atoms with Crippen LogP contribution in [0.5, 0.6) is 0 Å². The summed E-state index contributed by atoms with van der Waals surface area (Å²) in [5.41, 5.74) is 2.32. The van der Waals surface area contributed by atoms with Crippen molar-refractivity contribution in [3.8, 4) is 17.5 Å². The van der Waals surface area contributed by atoms with Crippen LogP contribution in [0.4, 0.5) is 4.39 Å². The van der Waals surface area contributed by atoms with Gasteiger partial charge in [-0.15, -0.1) is 0 Å². The molecule has 3 rings (SSSR count). The average Bonchev–Trinajstić information content (AvgIpc) is 2.84. The molecule has 0 unspecified atom stereocenters. The van der Waals surface area contributed by atoms with Gasteiger partial charge in [-0.25, -0.2) is 9.37 Å². The predicted octanol–water partition coefficient (Wildman–Crippen LogP) is 4.39. The molecule has 104 valence electrons. The number of nitrogens with zero attached hydrogens (tertiary/aromatic N) is 3. The minimum Gasteiger partial charge on any atom is -0.324 e. The summed E-state index contributed by atoms with van der Waals surface area (Å²) < 4.78 is 16.0. The zero-order valence-corrected chi connectivity index (χ0v) is 12.0. The summed E-state index contributed by atoms with van der Waals surface area (Å²) in [7, 11) is 0. The molecule has 0 fully saturated rings. The Labute approximate surface area is 126 Å². The smallest absolute Gasteiger partial charge is 0.145 e. The molecule has 1 aromatic heterocycles. The molecule has 0 amide bonds. The first-order valence-electron chi connectivity index (χ1n) is 6.50. The van der Waals surface area contributed by atoms with E-state index in [1.807, 2.05) is 17.6 Å². The average molecular weight is 300 g/mol. The Balaban J connectivity index is 2.35. The van der Waals surface area contributed by atoms with Gasteiger partial charge >= 0.3 is 0 Å². The number of fused-ring (bicyclic) bond motifs is 1. The summed E-state index contributed by atoms with van der Waals surface area (Å²) in [6.07, 6.45) is 0. The summed E-state index contributed by atoms with van der Waals surface area (Å²) in [4.78, 5) is 4.47. The zero-order chi connectivity index (χ0) is 15.0. The second-order valence-corrected chi connectivity index (χ2v) is 5.00. The van der Waals surface area contributed by atoms with Crippen molar-refractivity contribution < 1.29 is 4.39 Å². The highest BCUT2D eigenvalue weighted by Crippen LogP contribution is 2.32. The van der Waals surface area contributed by atoms with E-state index < -0.39 is 5.82 Å². The third kappa shape index (κ3) is 2.16. The highest BCUT2D eigenvalue weighted by molar-refractivity contribution is 6.33. The van der Waals surface area contributed by atoms with E-state index in [1.54, 1.807) is 24.3 Å². The fraction of sp³-hybridized carbons (Fsp3) is 0.125. The van der Waals surface area contributed by atoms with E-state index in [0.717, 1.165) is 5.52 Å². The van der Waals surface area contributed by atoms with Gasteiger partial charge in [0.15, 0.2) is 0 Å². The molecule has 2 aromatic carbocycles. The van der Waals surface area contributed by atoms with Crippen LogP contribution in [-0.4, -0.2) is 9.55 Å². The topological polar surface area (TPSA) is 41.6 Å². The summed E-state index contributed by atoms with van der Waals surface area (Å²) >= 11 is 6.13. The van der Waals surface area contributed by atoms with Crippen molar-refractivity contribution in [2.45, 2.75) is 13.5 Å². The zero-order valence-electron chi connectivity index (χ0n) is 11.3. The Bertz CT molecular complexity index is 857. The molecule has 0 saturated carbocycles. The third-order valence-electron chi connectivity index (χ3n) is 3.38. The van der Waals surface area contributed by atoms with E-state index in [2.05, 4.69) is 11.1 Å². The molecule has 0 aliphatic rings. The first kappa shape index (κ1) is 13.6. The van der Waals surface area contributed by atoms with E-state index in [-0.39, 0.29) is 5.56 Å². The molecule has 1 heterocycles.